The number of hydrogen-bond donors (Lipinski definition) is 0. The summed E-state index contributed by atoms with van der Waals surface area (Å²) in [5.74, 6) is 1.83. The number of furan rings is 1. The van der Waals surface area contributed by atoms with Crippen LogP contribution in [0, 0.1) is 0 Å². The minimum absolute atomic E-state index is 0.602. The van der Waals surface area contributed by atoms with Gasteiger partial charge in [-0.05, 0) is 77.4 Å². The zero-order chi connectivity index (χ0) is 41.4. The van der Waals surface area contributed by atoms with Gasteiger partial charge in [0.25, 0.3) is 0 Å². The summed E-state index contributed by atoms with van der Waals surface area (Å²) in [6, 6.07) is 66.1. The van der Waals surface area contributed by atoms with Gasteiger partial charge in [0, 0.05) is 77.4 Å². The molecular formula is C56H33N5OS. The fourth-order valence-corrected chi connectivity index (χ4v) is 10.3. The van der Waals surface area contributed by atoms with Crippen molar-refractivity contribution in [2.45, 2.75) is 0 Å². The molecule has 0 amide bonds. The second-order valence-electron chi connectivity index (χ2n) is 15.9. The van der Waals surface area contributed by atoms with E-state index in [1.54, 1.807) is 11.3 Å². The van der Waals surface area contributed by atoms with Gasteiger partial charge in [-0.25, -0.2) is 15.0 Å². The van der Waals surface area contributed by atoms with Crippen molar-refractivity contribution >= 4 is 75.3 Å². The van der Waals surface area contributed by atoms with E-state index in [-0.39, 0.29) is 0 Å². The predicted octanol–water partition coefficient (Wildman–Crippen LogP) is 15.0. The smallest absolute Gasteiger partial charge is 0.164 e. The number of aromatic nitrogens is 5. The summed E-state index contributed by atoms with van der Waals surface area (Å²) in [5, 5.41) is 6.94. The van der Waals surface area contributed by atoms with Crippen LogP contribution < -0.4 is 0 Å². The third-order valence-electron chi connectivity index (χ3n) is 12.2. The normalized spacial score (nSPS) is 11.8. The lowest BCUT2D eigenvalue weighted by atomic mass is 10.00. The molecule has 294 valence electrons. The van der Waals surface area contributed by atoms with Gasteiger partial charge in [0.05, 0.1) is 15.7 Å². The number of rotatable bonds is 6. The van der Waals surface area contributed by atoms with Crippen LogP contribution in [0.3, 0.4) is 0 Å². The second-order valence-corrected chi connectivity index (χ2v) is 16.9. The second kappa shape index (κ2) is 14.2. The number of benzene rings is 8. The first kappa shape index (κ1) is 35.5. The molecule has 0 radical (unpaired) electrons. The molecule has 8 aromatic carbocycles. The van der Waals surface area contributed by atoms with Crippen LogP contribution in [-0.4, -0.2) is 24.5 Å². The molecule has 0 aliphatic rings. The molecule has 63 heavy (non-hydrogen) atoms. The molecule has 0 unspecified atom stereocenters. The zero-order valence-electron chi connectivity index (χ0n) is 33.6. The molecule has 0 aliphatic carbocycles. The van der Waals surface area contributed by atoms with Gasteiger partial charge >= 0.3 is 0 Å². The highest BCUT2D eigenvalue weighted by atomic mass is 32.1. The summed E-state index contributed by atoms with van der Waals surface area (Å²) >= 11 is 1.79. The maximum atomic E-state index is 6.15. The Morgan fingerprint density at radius 3 is 1.81 bits per heavy atom. The minimum atomic E-state index is 0.602. The Morgan fingerprint density at radius 1 is 0.397 bits per heavy atom. The molecular weight excluding hydrogens is 791 g/mol. The number of nitrogens with zero attached hydrogens (tertiary/aromatic N) is 5. The minimum Gasteiger partial charge on any atom is -0.456 e. The van der Waals surface area contributed by atoms with Crippen molar-refractivity contribution in [1.82, 2.24) is 24.5 Å². The lowest BCUT2D eigenvalue weighted by molar-refractivity contribution is 0.669. The Balaban J connectivity index is 0.967. The van der Waals surface area contributed by atoms with Crippen LogP contribution in [-0.2, 0) is 0 Å². The van der Waals surface area contributed by atoms with Crippen molar-refractivity contribution in [3.05, 3.63) is 200 Å². The number of pyridine rings is 1. The molecule has 0 spiro atoms. The molecule has 6 nitrogen and oxygen atoms in total. The topological polar surface area (TPSA) is 69.6 Å². The average molecular weight is 824 g/mol. The van der Waals surface area contributed by atoms with Crippen molar-refractivity contribution in [2.75, 3.05) is 0 Å². The van der Waals surface area contributed by atoms with Gasteiger partial charge in [-0.1, -0.05) is 127 Å². The van der Waals surface area contributed by atoms with E-state index in [2.05, 4.69) is 137 Å². The molecule has 5 aromatic heterocycles. The van der Waals surface area contributed by atoms with Crippen molar-refractivity contribution in [3.8, 4) is 62.1 Å². The summed E-state index contributed by atoms with van der Waals surface area (Å²) in [6.07, 6.45) is 3.87. The Morgan fingerprint density at radius 2 is 1.00 bits per heavy atom. The third kappa shape index (κ3) is 5.86. The number of para-hydroxylation sites is 2. The Hall–Kier alpha value is -8.26. The predicted molar refractivity (Wildman–Crippen MR) is 259 cm³/mol. The molecule has 0 aliphatic heterocycles. The quantitative estimate of drug-likeness (QED) is 0.167. The lowest BCUT2D eigenvalue weighted by Crippen LogP contribution is -2.00. The van der Waals surface area contributed by atoms with Gasteiger partial charge in [0.1, 0.15) is 11.2 Å². The lowest BCUT2D eigenvalue weighted by Gasteiger charge is -2.13. The standard InChI is InChI=1S/C56H33N5OS/c1-3-11-34(12-4-1)38-23-25-49-45(29-38)41-15-7-9-17-48(41)61(49)40-31-44(53-47(32-40)43-27-28-57-33-52(43)63-53)35-19-21-37(22-20-35)55-58-54(36-13-5-2-6-14-36)59-56(60-55)39-24-26-51-46(30-39)42-16-8-10-18-50(42)62-51/h1-33H. The van der Waals surface area contributed by atoms with E-state index in [1.807, 2.05) is 73.1 Å². The van der Waals surface area contributed by atoms with Crippen LogP contribution >= 0.6 is 11.3 Å². The first-order valence-corrected chi connectivity index (χ1v) is 21.8. The molecule has 5 heterocycles. The van der Waals surface area contributed by atoms with E-state index in [0.29, 0.717) is 17.5 Å². The number of hydrogen-bond acceptors (Lipinski definition) is 6. The average Bonchev–Trinajstić information content (AvgIpc) is 4.03. The van der Waals surface area contributed by atoms with Gasteiger partial charge in [-0.3, -0.25) is 4.98 Å². The molecule has 0 bridgehead atoms. The molecule has 7 heteroatoms. The largest absolute Gasteiger partial charge is 0.456 e. The molecule has 0 saturated carbocycles. The molecule has 13 rings (SSSR count). The van der Waals surface area contributed by atoms with Crippen molar-refractivity contribution < 1.29 is 4.42 Å². The monoisotopic (exact) mass is 823 g/mol. The highest BCUT2D eigenvalue weighted by Gasteiger charge is 2.19. The van der Waals surface area contributed by atoms with Crippen molar-refractivity contribution in [3.63, 3.8) is 0 Å². The zero-order valence-corrected chi connectivity index (χ0v) is 34.4. The number of fused-ring (bicyclic) bond motifs is 9. The summed E-state index contributed by atoms with van der Waals surface area (Å²) in [4.78, 5) is 19.7. The Bertz CT molecular complexity index is 3910. The van der Waals surface area contributed by atoms with Crippen LogP contribution in [0.1, 0.15) is 0 Å². The van der Waals surface area contributed by atoms with Gasteiger partial charge in [-0.15, -0.1) is 11.3 Å². The van der Waals surface area contributed by atoms with E-state index >= 15 is 0 Å². The van der Waals surface area contributed by atoms with E-state index in [0.717, 1.165) is 65.7 Å². The van der Waals surface area contributed by atoms with Crippen LogP contribution in [0.4, 0.5) is 0 Å². The van der Waals surface area contributed by atoms with Crippen molar-refractivity contribution in [2.24, 2.45) is 0 Å². The SMILES string of the molecule is c1ccc(-c2ccc3c(c2)c2ccccc2n3-c2cc(-c3ccc(-c4nc(-c5ccccc5)nc(-c5ccc6oc7ccccc7c6c5)n4)cc3)c3sc4cnccc4c3c2)cc1. The van der Waals surface area contributed by atoms with Gasteiger partial charge in [0.2, 0.25) is 0 Å². The molecule has 0 atom stereocenters. The van der Waals surface area contributed by atoms with Crippen LogP contribution in [0.15, 0.2) is 205 Å². The van der Waals surface area contributed by atoms with Gasteiger partial charge < -0.3 is 8.98 Å². The van der Waals surface area contributed by atoms with Crippen LogP contribution in [0.2, 0.25) is 0 Å². The van der Waals surface area contributed by atoms with Crippen LogP contribution in [0.25, 0.3) is 126 Å². The Labute approximate surface area is 365 Å². The third-order valence-corrected chi connectivity index (χ3v) is 13.3. The summed E-state index contributed by atoms with van der Waals surface area (Å²) in [7, 11) is 0. The molecule has 0 fully saturated rings. The maximum absolute atomic E-state index is 6.15. The summed E-state index contributed by atoms with van der Waals surface area (Å²) in [6.45, 7) is 0. The molecule has 0 saturated heterocycles. The first-order chi connectivity index (χ1) is 31.2. The van der Waals surface area contributed by atoms with E-state index in [1.165, 1.54) is 42.9 Å². The summed E-state index contributed by atoms with van der Waals surface area (Å²) < 4.78 is 10.9. The molecule has 0 N–H and O–H groups in total. The number of thiophene rings is 1. The van der Waals surface area contributed by atoms with E-state index in [9.17, 15) is 0 Å². The first-order valence-electron chi connectivity index (χ1n) is 20.9. The highest BCUT2D eigenvalue weighted by molar-refractivity contribution is 7.26. The van der Waals surface area contributed by atoms with Crippen molar-refractivity contribution in [1.29, 1.82) is 0 Å². The van der Waals surface area contributed by atoms with E-state index < -0.39 is 0 Å². The van der Waals surface area contributed by atoms with Gasteiger partial charge in [-0.2, -0.15) is 0 Å². The van der Waals surface area contributed by atoms with Gasteiger partial charge in [0.15, 0.2) is 17.5 Å². The molecule has 13 aromatic rings. The maximum Gasteiger partial charge on any atom is 0.164 e. The van der Waals surface area contributed by atoms with E-state index in [4.69, 9.17) is 19.4 Å². The highest BCUT2D eigenvalue weighted by Crippen LogP contribution is 2.44. The van der Waals surface area contributed by atoms with Crippen LogP contribution in [0.5, 0.6) is 0 Å². The fraction of sp³-hybridized carbons (Fsp3) is 0. The Kier molecular flexibility index (Phi) is 7.98. The fourth-order valence-electron chi connectivity index (χ4n) is 9.14. The summed E-state index contributed by atoms with van der Waals surface area (Å²) in [5.41, 5.74) is 12.5.